The number of nitrogens with zero attached hydrogens (tertiary/aromatic N) is 1. The number of amides is 2. The van der Waals surface area contributed by atoms with Crippen molar-refractivity contribution in [1.82, 2.24) is 9.88 Å². The van der Waals surface area contributed by atoms with Gasteiger partial charge in [-0.1, -0.05) is 24.3 Å². The van der Waals surface area contributed by atoms with Crippen molar-refractivity contribution in [3.8, 4) is 0 Å². The first kappa shape index (κ1) is 19.7. The molecule has 0 saturated heterocycles. The number of carbonyl (C=O) groups excluding carboxylic acids is 2. The third-order valence-corrected chi connectivity index (χ3v) is 5.15. The van der Waals surface area contributed by atoms with E-state index in [2.05, 4.69) is 10.3 Å². The third-order valence-electron chi connectivity index (χ3n) is 5.15. The zero-order chi connectivity index (χ0) is 21.3. The summed E-state index contributed by atoms with van der Waals surface area (Å²) >= 11 is 0. The molecule has 2 amide bonds. The summed E-state index contributed by atoms with van der Waals surface area (Å²) in [7, 11) is 0. The van der Waals surface area contributed by atoms with Gasteiger partial charge >= 0.3 is 12.0 Å². The van der Waals surface area contributed by atoms with Crippen LogP contribution in [0.1, 0.15) is 23.7 Å². The van der Waals surface area contributed by atoms with Gasteiger partial charge in [-0.05, 0) is 49.6 Å². The molecule has 6 nitrogen and oxygen atoms in total. The molecule has 0 atom stereocenters. The summed E-state index contributed by atoms with van der Waals surface area (Å²) < 4.78 is 19.1. The van der Waals surface area contributed by atoms with Gasteiger partial charge in [-0.3, -0.25) is 4.90 Å². The number of benzene rings is 2. The van der Waals surface area contributed by atoms with E-state index in [1.807, 2.05) is 24.3 Å². The molecule has 0 fully saturated rings. The Hall–Kier alpha value is -3.61. The number of rotatable bonds is 3. The summed E-state index contributed by atoms with van der Waals surface area (Å²) in [5.41, 5.74) is 3.67. The molecule has 154 valence electrons. The van der Waals surface area contributed by atoms with E-state index in [-0.39, 0.29) is 12.2 Å². The highest BCUT2D eigenvalue weighted by atomic mass is 19.1. The Balaban J connectivity index is 1.69. The number of H-pyrrole nitrogens is 1. The lowest BCUT2D eigenvalue weighted by Gasteiger charge is -2.18. The number of halogens is 1. The van der Waals surface area contributed by atoms with E-state index in [1.54, 1.807) is 26.0 Å². The predicted octanol–water partition coefficient (Wildman–Crippen LogP) is 4.61. The van der Waals surface area contributed by atoms with Crippen molar-refractivity contribution in [2.24, 2.45) is 0 Å². The second-order valence-corrected chi connectivity index (χ2v) is 7.12. The lowest BCUT2D eigenvalue weighted by Crippen LogP contribution is -2.32. The zero-order valence-corrected chi connectivity index (χ0v) is 16.8. The fourth-order valence-electron chi connectivity index (χ4n) is 3.60. The maximum absolute atomic E-state index is 13.8. The molecule has 0 bridgehead atoms. The minimum Gasteiger partial charge on any atom is -0.462 e. The molecule has 0 unspecified atom stereocenters. The van der Waals surface area contributed by atoms with Gasteiger partial charge in [0.15, 0.2) is 0 Å². The summed E-state index contributed by atoms with van der Waals surface area (Å²) in [4.78, 5) is 30.3. The average molecular weight is 407 g/mol. The smallest absolute Gasteiger partial charge is 0.341 e. The van der Waals surface area contributed by atoms with Crippen LogP contribution >= 0.6 is 0 Å². The highest BCUT2D eigenvalue weighted by Gasteiger charge is 2.27. The number of nitrogens with one attached hydrogen (secondary N) is 2. The van der Waals surface area contributed by atoms with Gasteiger partial charge in [-0.15, -0.1) is 0 Å². The van der Waals surface area contributed by atoms with Crippen LogP contribution in [0.3, 0.4) is 0 Å². The molecule has 30 heavy (non-hydrogen) atoms. The van der Waals surface area contributed by atoms with Crippen LogP contribution in [0.15, 0.2) is 48.7 Å². The highest BCUT2D eigenvalue weighted by Crippen LogP contribution is 2.31. The Morgan fingerprint density at radius 2 is 2.03 bits per heavy atom. The molecule has 2 N–H and O–H groups in total. The number of para-hydroxylation sites is 1. The number of aromatic amines is 1. The molecule has 0 spiro atoms. The van der Waals surface area contributed by atoms with Crippen molar-refractivity contribution < 1.29 is 18.7 Å². The Labute approximate surface area is 173 Å². The molecule has 1 aliphatic rings. The minimum absolute atomic E-state index is 0.223. The van der Waals surface area contributed by atoms with Gasteiger partial charge in [-0.25, -0.2) is 14.0 Å². The number of urea groups is 1. The van der Waals surface area contributed by atoms with Crippen LogP contribution in [0.4, 0.5) is 14.9 Å². The van der Waals surface area contributed by atoms with E-state index in [1.165, 1.54) is 17.2 Å². The summed E-state index contributed by atoms with van der Waals surface area (Å²) in [6, 6.07) is 11.9. The van der Waals surface area contributed by atoms with Crippen LogP contribution in [0.2, 0.25) is 0 Å². The highest BCUT2D eigenvalue weighted by molar-refractivity contribution is 6.18. The first-order valence-electron chi connectivity index (χ1n) is 9.80. The topological polar surface area (TPSA) is 74.4 Å². The fourth-order valence-corrected chi connectivity index (χ4v) is 3.60. The second-order valence-electron chi connectivity index (χ2n) is 7.12. The average Bonchev–Trinajstić information content (AvgIpc) is 2.98. The molecule has 4 rings (SSSR count). The number of esters is 1. The Morgan fingerprint density at radius 1 is 1.23 bits per heavy atom. The number of carbonyl (C=O) groups is 2. The molecule has 0 radical (unpaired) electrons. The predicted molar refractivity (Wildman–Crippen MR) is 113 cm³/mol. The number of fused-ring (bicyclic) bond motifs is 3. The first-order chi connectivity index (χ1) is 14.5. The summed E-state index contributed by atoms with van der Waals surface area (Å²) in [6.07, 6.45) is 2.05. The number of hydrogen-bond donors (Lipinski definition) is 2. The lowest BCUT2D eigenvalue weighted by molar-refractivity contribution is -0.136. The van der Waals surface area contributed by atoms with E-state index in [9.17, 15) is 14.0 Å². The second kappa shape index (κ2) is 8.02. The number of aryl methyl sites for hydroxylation is 1. The largest absolute Gasteiger partial charge is 0.462 e. The quantitative estimate of drug-likeness (QED) is 0.623. The van der Waals surface area contributed by atoms with Crippen molar-refractivity contribution in [3.63, 3.8) is 0 Å². The molecule has 1 aromatic heterocycles. The summed E-state index contributed by atoms with van der Waals surface area (Å²) in [6.45, 7) is 3.97. The zero-order valence-electron chi connectivity index (χ0n) is 16.8. The SMILES string of the molecule is CCOC(=O)C1=CN(C(=O)Nc2ccc(C)c(F)c2)CCc2c1[nH]c1ccccc21. The number of hydrogen-bond acceptors (Lipinski definition) is 3. The lowest BCUT2D eigenvalue weighted by atomic mass is 10.0. The van der Waals surface area contributed by atoms with Gasteiger partial charge < -0.3 is 15.0 Å². The first-order valence-corrected chi connectivity index (χ1v) is 9.80. The number of ether oxygens (including phenoxy) is 1. The Morgan fingerprint density at radius 3 is 2.80 bits per heavy atom. The summed E-state index contributed by atoms with van der Waals surface area (Å²) in [5, 5.41) is 3.70. The van der Waals surface area contributed by atoms with Gasteiger partial charge in [0.2, 0.25) is 0 Å². The normalized spacial score (nSPS) is 13.4. The summed E-state index contributed by atoms with van der Waals surface area (Å²) in [5.74, 6) is -0.903. The van der Waals surface area contributed by atoms with Crippen LogP contribution in [-0.4, -0.2) is 35.0 Å². The van der Waals surface area contributed by atoms with Gasteiger partial charge in [0.05, 0.1) is 17.9 Å². The van der Waals surface area contributed by atoms with Gasteiger partial charge in [0.1, 0.15) is 5.82 Å². The van der Waals surface area contributed by atoms with E-state index >= 15 is 0 Å². The van der Waals surface area contributed by atoms with Crippen molar-refractivity contribution in [3.05, 3.63) is 71.3 Å². The molecule has 3 aromatic rings. The fraction of sp³-hybridized carbons (Fsp3) is 0.217. The molecule has 2 aromatic carbocycles. The third kappa shape index (κ3) is 3.66. The molecule has 0 saturated carbocycles. The number of aromatic nitrogens is 1. The van der Waals surface area contributed by atoms with Crippen LogP contribution in [0, 0.1) is 12.7 Å². The maximum atomic E-state index is 13.8. The van der Waals surface area contributed by atoms with Crippen LogP contribution in [-0.2, 0) is 16.0 Å². The van der Waals surface area contributed by atoms with Crippen molar-refractivity contribution >= 4 is 34.2 Å². The van der Waals surface area contributed by atoms with Crippen molar-refractivity contribution in [2.45, 2.75) is 20.3 Å². The van der Waals surface area contributed by atoms with Gasteiger partial charge in [-0.2, -0.15) is 0 Å². The Bertz CT molecular complexity index is 1170. The molecular weight excluding hydrogens is 385 g/mol. The monoisotopic (exact) mass is 407 g/mol. The molecule has 1 aliphatic heterocycles. The van der Waals surface area contributed by atoms with Crippen LogP contribution < -0.4 is 5.32 Å². The van der Waals surface area contributed by atoms with Gasteiger partial charge in [0.25, 0.3) is 0 Å². The molecule has 0 aliphatic carbocycles. The number of anilines is 1. The van der Waals surface area contributed by atoms with Crippen LogP contribution in [0.25, 0.3) is 16.5 Å². The molecular formula is C23H22FN3O3. The van der Waals surface area contributed by atoms with Crippen molar-refractivity contribution in [2.75, 3.05) is 18.5 Å². The van der Waals surface area contributed by atoms with E-state index in [0.29, 0.717) is 29.9 Å². The minimum atomic E-state index is -0.508. The van der Waals surface area contributed by atoms with Crippen LogP contribution in [0.5, 0.6) is 0 Å². The van der Waals surface area contributed by atoms with E-state index < -0.39 is 17.8 Å². The van der Waals surface area contributed by atoms with Gasteiger partial charge in [0, 0.05) is 29.3 Å². The Kier molecular flexibility index (Phi) is 5.27. The standard InChI is InChI=1S/C23H22FN3O3/c1-3-30-22(28)18-13-27(23(29)25-15-9-8-14(2)19(24)12-15)11-10-17-16-6-4-5-7-20(16)26-21(17)18/h4-9,12-13,26H,3,10-11H2,1-2H3,(H,25,29). The molecule has 2 heterocycles. The molecule has 7 heteroatoms. The van der Waals surface area contributed by atoms with E-state index in [4.69, 9.17) is 4.74 Å². The maximum Gasteiger partial charge on any atom is 0.341 e. The van der Waals surface area contributed by atoms with Crippen molar-refractivity contribution in [1.29, 1.82) is 0 Å². The van der Waals surface area contributed by atoms with E-state index in [0.717, 1.165) is 16.5 Å².